The number of halogens is 3. The zero-order chi connectivity index (χ0) is 16.3. The largest absolute Gasteiger partial charge is 0.348 e. The maximum absolute atomic E-state index is 13.5. The molecular formula is C14H13F3N4O. The van der Waals surface area contributed by atoms with Crippen molar-refractivity contribution in [3.8, 4) is 0 Å². The topological polar surface area (TPSA) is 66.9 Å². The lowest BCUT2D eigenvalue weighted by atomic mass is 10.3. The highest BCUT2D eigenvalue weighted by molar-refractivity contribution is 5.92. The molecule has 0 fully saturated rings. The van der Waals surface area contributed by atoms with Gasteiger partial charge in [-0.15, -0.1) is 0 Å². The van der Waals surface area contributed by atoms with Gasteiger partial charge in [0.2, 0.25) is 0 Å². The van der Waals surface area contributed by atoms with Crippen LogP contribution in [-0.2, 0) is 0 Å². The molecular weight excluding hydrogens is 297 g/mol. The van der Waals surface area contributed by atoms with Crippen LogP contribution >= 0.6 is 0 Å². The van der Waals surface area contributed by atoms with E-state index in [4.69, 9.17) is 0 Å². The number of hydrogen-bond acceptors (Lipinski definition) is 4. The van der Waals surface area contributed by atoms with Gasteiger partial charge in [0.1, 0.15) is 11.5 Å². The molecule has 116 valence electrons. The zero-order valence-corrected chi connectivity index (χ0v) is 11.8. The van der Waals surface area contributed by atoms with E-state index in [9.17, 15) is 18.0 Å². The van der Waals surface area contributed by atoms with Gasteiger partial charge in [-0.3, -0.25) is 4.79 Å². The van der Waals surface area contributed by atoms with Crippen molar-refractivity contribution in [1.82, 2.24) is 15.3 Å². The standard InChI is InChI=1S/C14H13F3N4O/c1-7(2)20-14(22)10-5-19-11(6-18-10)21-9-4-3-8(15)12(16)13(9)17/h3-7H,1-2H3,(H,19,21)(H,20,22). The second kappa shape index (κ2) is 6.42. The predicted molar refractivity (Wildman–Crippen MR) is 74.2 cm³/mol. The number of nitrogens with one attached hydrogen (secondary N) is 2. The molecule has 2 aromatic rings. The molecule has 1 aromatic heterocycles. The molecule has 0 radical (unpaired) electrons. The molecule has 1 amide bonds. The summed E-state index contributed by atoms with van der Waals surface area (Å²) in [7, 11) is 0. The summed E-state index contributed by atoms with van der Waals surface area (Å²) in [5, 5.41) is 5.10. The molecule has 0 aliphatic rings. The monoisotopic (exact) mass is 310 g/mol. The molecule has 5 nitrogen and oxygen atoms in total. The molecule has 0 bridgehead atoms. The first kappa shape index (κ1) is 15.7. The fraction of sp³-hybridized carbons (Fsp3) is 0.214. The highest BCUT2D eigenvalue weighted by atomic mass is 19.2. The first-order valence-electron chi connectivity index (χ1n) is 6.42. The van der Waals surface area contributed by atoms with Crippen LogP contribution in [0.15, 0.2) is 24.5 Å². The van der Waals surface area contributed by atoms with E-state index in [1.54, 1.807) is 13.8 Å². The molecule has 0 unspecified atom stereocenters. The van der Waals surface area contributed by atoms with Crippen LogP contribution in [0, 0.1) is 17.5 Å². The van der Waals surface area contributed by atoms with Crippen LogP contribution in [-0.4, -0.2) is 21.9 Å². The Labute approximate surface area is 124 Å². The maximum atomic E-state index is 13.5. The zero-order valence-electron chi connectivity index (χ0n) is 11.8. The SMILES string of the molecule is CC(C)NC(=O)c1cnc(Nc2ccc(F)c(F)c2F)cn1. The lowest BCUT2D eigenvalue weighted by Crippen LogP contribution is -2.30. The Bertz CT molecular complexity index is 689. The Hall–Kier alpha value is -2.64. The Morgan fingerprint density at radius 3 is 2.41 bits per heavy atom. The molecule has 2 rings (SSSR count). The second-order valence-corrected chi connectivity index (χ2v) is 4.76. The number of benzene rings is 1. The quantitative estimate of drug-likeness (QED) is 0.852. The summed E-state index contributed by atoms with van der Waals surface area (Å²) in [6, 6.07) is 1.77. The van der Waals surface area contributed by atoms with Gasteiger partial charge in [-0.25, -0.2) is 23.1 Å². The Kier molecular flexibility index (Phi) is 4.59. The lowest BCUT2D eigenvalue weighted by Gasteiger charge is -2.09. The highest BCUT2D eigenvalue weighted by Gasteiger charge is 2.14. The summed E-state index contributed by atoms with van der Waals surface area (Å²) >= 11 is 0. The maximum Gasteiger partial charge on any atom is 0.271 e. The van der Waals surface area contributed by atoms with Gasteiger partial charge in [-0.1, -0.05) is 0 Å². The van der Waals surface area contributed by atoms with E-state index in [0.717, 1.165) is 12.1 Å². The van der Waals surface area contributed by atoms with Crippen molar-refractivity contribution in [2.75, 3.05) is 5.32 Å². The summed E-state index contributed by atoms with van der Waals surface area (Å²) in [6.45, 7) is 3.60. The van der Waals surface area contributed by atoms with E-state index in [-0.39, 0.29) is 23.2 Å². The first-order chi connectivity index (χ1) is 10.4. The molecule has 0 saturated heterocycles. The molecule has 0 saturated carbocycles. The highest BCUT2D eigenvalue weighted by Crippen LogP contribution is 2.22. The number of amides is 1. The minimum Gasteiger partial charge on any atom is -0.348 e. The Balaban J connectivity index is 2.15. The van der Waals surface area contributed by atoms with Gasteiger partial charge in [0.25, 0.3) is 5.91 Å². The summed E-state index contributed by atoms with van der Waals surface area (Å²) < 4.78 is 39.4. The third-order valence-corrected chi connectivity index (χ3v) is 2.60. The van der Waals surface area contributed by atoms with Gasteiger partial charge in [0.05, 0.1) is 18.1 Å². The normalized spacial score (nSPS) is 10.6. The van der Waals surface area contributed by atoms with Crippen LogP contribution in [0.4, 0.5) is 24.7 Å². The van der Waals surface area contributed by atoms with E-state index in [0.29, 0.717) is 0 Å². The van der Waals surface area contributed by atoms with Gasteiger partial charge in [-0.05, 0) is 26.0 Å². The van der Waals surface area contributed by atoms with Crippen LogP contribution in [0.2, 0.25) is 0 Å². The summed E-state index contributed by atoms with van der Waals surface area (Å²) in [5.41, 5.74) is -0.197. The molecule has 2 N–H and O–H groups in total. The van der Waals surface area contributed by atoms with E-state index in [2.05, 4.69) is 20.6 Å². The fourth-order valence-corrected chi connectivity index (χ4v) is 1.61. The number of carbonyl (C=O) groups is 1. The number of anilines is 2. The van der Waals surface area contributed by atoms with Crippen LogP contribution in [0.25, 0.3) is 0 Å². The van der Waals surface area contributed by atoms with Gasteiger partial charge in [0, 0.05) is 6.04 Å². The predicted octanol–water partition coefficient (Wildman–Crippen LogP) is 2.78. The number of rotatable bonds is 4. The molecule has 0 aliphatic heterocycles. The number of aromatic nitrogens is 2. The van der Waals surface area contributed by atoms with E-state index in [1.165, 1.54) is 12.4 Å². The van der Waals surface area contributed by atoms with E-state index in [1.807, 2.05) is 0 Å². The van der Waals surface area contributed by atoms with Crippen molar-refractivity contribution < 1.29 is 18.0 Å². The van der Waals surface area contributed by atoms with Gasteiger partial charge in [-0.2, -0.15) is 0 Å². The third kappa shape index (κ3) is 3.51. The molecule has 0 aliphatic carbocycles. The Morgan fingerprint density at radius 1 is 1.09 bits per heavy atom. The van der Waals surface area contributed by atoms with E-state index < -0.39 is 23.4 Å². The molecule has 8 heteroatoms. The minimum atomic E-state index is -1.58. The fourth-order valence-electron chi connectivity index (χ4n) is 1.61. The third-order valence-electron chi connectivity index (χ3n) is 2.60. The number of hydrogen-bond donors (Lipinski definition) is 2. The molecule has 1 heterocycles. The van der Waals surface area contributed by atoms with E-state index >= 15 is 0 Å². The number of nitrogens with zero attached hydrogens (tertiary/aromatic N) is 2. The smallest absolute Gasteiger partial charge is 0.271 e. The molecule has 1 aromatic carbocycles. The van der Waals surface area contributed by atoms with Gasteiger partial charge in [0.15, 0.2) is 17.5 Å². The second-order valence-electron chi connectivity index (χ2n) is 4.76. The van der Waals surface area contributed by atoms with Gasteiger partial charge < -0.3 is 10.6 Å². The molecule has 22 heavy (non-hydrogen) atoms. The van der Waals surface area contributed by atoms with Crippen molar-refractivity contribution >= 4 is 17.4 Å². The van der Waals surface area contributed by atoms with Crippen LogP contribution < -0.4 is 10.6 Å². The van der Waals surface area contributed by atoms with Crippen molar-refractivity contribution in [1.29, 1.82) is 0 Å². The van der Waals surface area contributed by atoms with Crippen molar-refractivity contribution in [2.45, 2.75) is 19.9 Å². The summed E-state index contributed by atoms with van der Waals surface area (Å²) in [5.74, 6) is -4.52. The van der Waals surface area contributed by atoms with Crippen LogP contribution in [0.5, 0.6) is 0 Å². The summed E-state index contributed by atoms with van der Waals surface area (Å²) in [6.07, 6.45) is 2.38. The average molecular weight is 310 g/mol. The van der Waals surface area contributed by atoms with Crippen LogP contribution in [0.1, 0.15) is 24.3 Å². The lowest BCUT2D eigenvalue weighted by molar-refractivity contribution is 0.0937. The van der Waals surface area contributed by atoms with Crippen LogP contribution in [0.3, 0.4) is 0 Å². The summed E-state index contributed by atoms with van der Waals surface area (Å²) in [4.78, 5) is 19.4. The average Bonchev–Trinajstić information content (AvgIpc) is 2.48. The first-order valence-corrected chi connectivity index (χ1v) is 6.42. The molecule has 0 atom stereocenters. The van der Waals surface area contributed by atoms with Crippen molar-refractivity contribution in [3.63, 3.8) is 0 Å². The van der Waals surface area contributed by atoms with Gasteiger partial charge >= 0.3 is 0 Å². The Morgan fingerprint density at radius 2 is 1.82 bits per heavy atom. The minimum absolute atomic E-state index is 0.0524. The molecule has 0 spiro atoms. The van der Waals surface area contributed by atoms with Crippen molar-refractivity contribution in [3.05, 3.63) is 47.7 Å². The number of carbonyl (C=O) groups excluding carboxylic acids is 1. The van der Waals surface area contributed by atoms with Crippen molar-refractivity contribution in [2.24, 2.45) is 0 Å².